The van der Waals surface area contributed by atoms with Crippen LogP contribution in [0.15, 0.2) is 83.8 Å². The molecule has 0 aliphatic heterocycles. The maximum Gasteiger partial charge on any atom is 0.264 e. The molecule has 0 bridgehead atoms. The van der Waals surface area contributed by atoms with Crippen molar-refractivity contribution in [3.8, 4) is 0 Å². The molecule has 0 aromatic heterocycles. The Balaban J connectivity index is 2.07. The molecule has 3 aromatic carbocycles. The second kappa shape index (κ2) is 12.6. The molecule has 0 fully saturated rings. The average molecular weight is 574 g/mol. The predicted molar refractivity (Wildman–Crippen MR) is 151 cm³/mol. The lowest BCUT2D eigenvalue weighted by Crippen LogP contribution is -2.55. The van der Waals surface area contributed by atoms with Crippen molar-refractivity contribution in [1.82, 2.24) is 10.2 Å². The largest absolute Gasteiger partial charge is 0.350 e. The molecule has 1 unspecified atom stereocenters. The van der Waals surface area contributed by atoms with Crippen LogP contribution in [0.25, 0.3) is 0 Å². The zero-order valence-electron chi connectivity index (χ0n) is 22.4. The van der Waals surface area contributed by atoms with Crippen LogP contribution in [0.4, 0.5) is 10.1 Å². The number of nitrogens with one attached hydrogen (secondary N) is 1. The van der Waals surface area contributed by atoms with Crippen LogP contribution in [-0.4, -0.2) is 43.3 Å². The van der Waals surface area contributed by atoms with Crippen molar-refractivity contribution in [3.05, 3.63) is 95.3 Å². The second-order valence-electron chi connectivity index (χ2n) is 10.1. The van der Waals surface area contributed by atoms with Crippen molar-refractivity contribution in [2.75, 3.05) is 10.8 Å². The first-order valence-corrected chi connectivity index (χ1v) is 14.3. The number of rotatable bonds is 10. The van der Waals surface area contributed by atoms with Crippen LogP contribution in [0.2, 0.25) is 5.02 Å². The number of hydrogen-bond acceptors (Lipinski definition) is 4. The molecule has 10 heteroatoms. The molecule has 1 atom stereocenters. The minimum absolute atomic E-state index is 0.0189. The zero-order valence-corrected chi connectivity index (χ0v) is 24.0. The molecule has 39 heavy (non-hydrogen) atoms. The molecule has 3 rings (SSSR count). The normalized spacial score (nSPS) is 12.5. The van der Waals surface area contributed by atoms with Crippen LogP contribution < -0.4 is 9.62 Å². The van der Waals surface area contributed by atoms with Gasteiger partial charge in [-0.3, -0.25) is 13.9 Å². The predicted octanol–water partition coefficient (Wildman–Crippen LogP) is 5.40. The average Bonchev–Trinajstić information content (AvgIpc) is 2.88. The van der Waals surface area contributed by atoms with Crippen molar-refractivity contribution in [1.29, 1.82) is 0 Å². The summed E-state index contributed by atoms with van der Waals surface area (Å²) in [5, 5.41) is 2.64. The van der Waals surface area contributed by atoms with Gasteiger partial charge in [-0.1, -0.05) is 67.1 Å². The van der Waals surface area contributed by atoms with E-state index in [4.69, 9.17) is 11.6 Å². The maximum atomic E-state index is 14.0. The van der Waals surface area contributed by atoms with Gasteiger partial charge in [0.15, 0.2) is 0 Å². The Labute approximate surface area is 234 Å². The van der Waals surface area contributed by atoms with E-state index in [2.05, 4.69) is 5.32 Å². The SMILES string of the molecule is CCC(C(=O)NC(C)(C)C)N(Cc1ccccc1)C(=O)CN(c1ccc(F)c(Cl)c1)S(=O)(=O)c1ccccc1. The van der Waals surface area contributed by atoms with E-state index in [1.807, 2.05) is 51.1 Å². The molecule has 0 spiro atoms. The lowest BCUT2D eigenvalue weighted by atomic mass is 10.1. The summed E-state index contributed by atoms with van der Waals surface area (Å²) in [6, 6.07) is 19.3. The van der Waals surface area contributed by atoms with Gasteiger partial charge in [-0.25, -0.2) is 12.8 Å². The monoisotopic (exact) mass is 573 g/mol. The highest BCUT2D eigenvalue weighted by molar-refractivity contribution is 7.92. The van der Waals surface area contributed by atoms with E-state index in [0.29, 0.717) is 6.42 Å². The third kappa shape index (κ3) is 7.80. The third-order valence-electron chi connectivity index (χ3n) is 5.88. The maximum absolute atomic E-state index is 14.0. The van der Waals surface area contributed by atoms with Crippen LogP contribution in [0.1, 0.15) is 39.7 Å². The molecule has 0 saturated carbocycles. The van der Waals surface area contributed by atoms with Crippen LogP contribution in [0.3, 0.4) is 0 Å². The fraction of sp³-hybridized carbons (Fsp3) is 0.310. The molecule has 3 aromatic rings. The highest BCUT2D eigenvalue weighted by atomic mass is 35.5. The summed E-state index contributed by atoms with van der Waals surface area (Å²) in [6.07, 6.45) is 0.300. The van der Waals surface area contributed by atoms with Crippen molar-refractivity contribution >= 4 is 39.1 Å². The molecular weight excluding hydrogens is 541 g/mol. The number of halogens is 2. The lowest BCUT2D eigenvalue weighted by Gasteiger charge is -2.34. The van der Waals surface area contributed by atoms with E-state index in [-0.39, 0.29) is 28.1 Å². The third-order valence-corrected chi connectivity index (χ3v) is 7.96. The van der Waals surface area contributed by atoms with Gasteiger partial charge in [0.25, 0.3) is 10.0 Å². The summed E-state index contributed by atoms with van der Waals surface area (Å²) in [4.78, 5) is 28.6. The molecule has 7 nitrogen and oxygen atoms in total. The topological polar surface area (TPSA) is 86.8 Å². The molecule has 208 valence electrons. The number of amides is 2. The number of anilines is 1. The quantitative estimate of drug-likeness (QED) is 0.352. The fourth-order valence-electron chi connectivity index (χ4n) is 4.04. The van der Waals surface area contributed by atoms with E-state index in [1.54, 1.807) is 25.1 Å². The highest BCUT2D eigenvalue weighted by Crippen LogP contribution is 2.28. The van der Waals surface area contributed by atoms with E-state index < -0.39 is 39.9 Å². The van der Waals surface area contributed by atoms with Crippen LogP contribution in [0, 0.1) is 5.82 Å². The van der Waals surface area contributed by atoms with E-state index >= 15 is 0 Å². The Hall–Kier alpha value is -3.43. The molecule has 0 heterocycles. The van der Waals surface area contributed by atoms with Crippen molar-refractivity contribution < 1.29 is 22.4 Å². The van der Waals surface area contributed by atoms with Crippen LogP contribution >= 0.6 is 11.6 Å². The minimum atomic E-state index is -4.26. The molecule has 0 aliphatic rings. The molecule has 0 radical (unpaired) electrons. The Morgan fingerprint density at radius 2 is 1.56 bits per heavy atom. The number of sulfonamides is 1. The minimum Gasteiger partial charge on any atom is -0.350 e. The molecule has 0 aliphatic carbocycles. The summed E-state index contributed by atoms with van der Waals surface area (Å²) in [7, 11) is -4.26. The van der Waals surface area contributed by atoms with E-state index in [9.17, 15) is 22.4 Å². The van der Waals surface area contributed by atoms with Gasteiger partial charge >= 0.3 is 0 Å². The zero-order chi connectivity index (χ0) is 28.8. The summed E-state index contributed by atoms with van der Waals surface area (Å²) >= 11 is 5.99. The van der Waals surface area contributed by atoms with E-state index in [1.165, 1.54) is 23.1 Å². The van der Waals surface area contributed by atoms with Gasteiger partial charge in [-0.05, 0) is 63.1 Å². The van der Waals surface area contributed by atoms with Gasteiger partial charge in [0.05, 0.1) is 15.6 Å². The Morgan fingerprint density at radius 3 is 2.10 bits per heavy atom. The smallest absolute Gasteiger partial charge is 0.264 e. The number of carbonyl (C=O) groups excluding carboxylic acids is 2. The van der Waals surface area contributed by atoms with Gasteiger partial charge in [-0.2, -0.15) is 0 Å². The van der Waals surface area contributed by atoms with Gasteiger partial charge < -0.3 is 10.2 Å². The standard InChI is InChI=1S/C29H33ClFN3O4S/c1-5-26(28(36)32-29(2,3)4)33(19-21-12-8-6-9-13-21)27(35)20-34(22-16-17-25(31)24(30)18-22)39(37,38)23-14-10-7-11-15-23/h6-18,26H,5,19-20H2,1-4H3,(H,32,36). The van der Waals surface area contributed by atoms with Gasteiger partial charge in [0.1, 0.15) is 18.4 Å². The lowest BCUT2D eigenvalue weighted by molar-refractivity contribution is -0.141. The molecule has 1 N–H and O–H groups in total. The van der Waals surface area contributed by atoms with Gasteiger partial charge in [-0.15, -0.1) is 0 Å². The summed E-state index contributed by atoms with van der Waals surface area (Å²) in [6.45, 7) is 6.76. The van der Waals surface area contributed by atoms with Gasteiger partial charge in [0, 0.05) is 12.1 Å². The highest BCUT2D eigenvalue weighted by Gasteiger charge is 2.34. The van der Waals surface area contributed by atoms with Crippen molar-refractivity contribution in [3.63, 3.8) is 0 Å². The Kier molecular flexibility index (Phi) is 9.74. The Morgan fingerprint density at radius 1 is 0.974 bits per heavy atom. The number of benzene rings is 3. The first-order chi connectivity index (χ1) is 18.3. The van der Waals surface area contributed by atoms with E-state index in [0.717, 1.165) is 22.0 Å². The van der Waals surface area contributed by atoms with Crippen LogP contribution in [0.5, 0.6) is 0 Å². The number of hydrogen-bond donors (Lipinski definition) is 1. The number of nitrogens with zero attached hydrogens (tertiary/aromatic N) is 2. The van der Waals surface area contributed by atoms with Crippen molar-refractivity contribution in [2.45, 2.75) is 57.1 Å². The summed E-state index contributed by atoms with van der Waals surface area (Å²) in [5.41, 5.74) is 0.250. The first kappa shape index (κ1) is 30.1. The first-order valence-electron chi connectivity index (χ1n) is 12.5. The Bertz CT molecular complexity index is 1400. The fourth-order valence-corrected chi connectivity index (χ4v) is 5.64. The second-order valence-corrected chi connectivity index (χ2v) is 12.4. The number of carbonyl (C=O) groups is 2. The van der Waals surface area contributed by atoms with Gasteiger partial charge in [0.2, 0.25) is 11.8 Å². The van der Waals surface area contributed by atoms with Crippen molar-refractivity contribution in [2.24, 2.45) is 0 Å². The molecular formula is C29H33ClFN3O4S. The summed E-state index contributed by atoms with van der Waals surface area (Å²) < 4.78 is 42.4. The van der Waals surface area contributed by atoms with Crippen LogP contribution in [-0.2, 0) is 26.2 Å². The molecule has 0 saturated heterocycles. The summed E-state index contributed by atoms with van der Waals surface area (Å²) in [5.74, 6) is -1.68. The molecule has 2 amide bonds.